The molecule has 1 fully saturated rings. The molecule has 100 valence electrons. The summed E-state index contributed by atoms with van der Waals surface area (Å²) in [7, 11) is 0. The van der Waals surface area contributed by atoms with Crippen LogP contribution in [0.2, 0.25) is 0 Å². The Labute approximate surface area is 106 Å². The summed E-state index contributed by atoms with van der Waals surface area (Å²) < 4.78 is 0. The lowest BCUT2D eigenvalue weighted by Crippen LogP contribution is -2.37. The second-order valence-corrected chi connectivity index (χ2v) is 5.34. The smallest absolute Gasteiger partial charge is 0.191 e. The fourth-order valence-electron chi connectivity index (χ4n) is 2.83. The molecule has 0 radical (unpaired) electrons. The van der Waals surface area contributed by atoms with Gasteiger partial charge in [-0.2, -0.15) is 0 Å². The average Bonchev–Trinajstić information content (AvgIpc) is 2.30. The molecule has 1 rings (SSSR count). The first-order valence-corrected chi connectivity index (χ1v) is 7.22. The maximum absolute atomic E-state index is 5.96. The molecule has 3 nitrogen and oxygen atoms in total. The van der Waals surface area contributed by atoms with Crippen molar-refractivity contribution in [2.24, 2.45) is 22.6 Å². The second-order valence-electron chi connectivity index (χ2n) is 5.34. The summed E-state index contributed by atoms with van der Waals surface area (Å²) in [5.74, 6) is 2.52. The summed E-state index contributed by atoms with van der Waals surface area (Å²) in [6, 6.07) is 0. The number of aliphatic imine (C=N–C) groups is 1. The van der Waals surface area contributed by atoms with E-state index in [1.165, 1.54) is 32.1 Å². The van der Waals surface area contributed by atoms with Crippen molar-refractivity contribution in [2.45, 2.75) is 52.9 Å². The third-order valence-electron chi connectivity index (χ3n) is 3.94. The molecule has 2 atom stereocenters. The van der Waals surface area contributed by atoms with Gasteiger partial charge in [-0.15, -0.1) is 0 Å². The molecule has 0 spiro atoms. The van der Waals surface area contributed by atoms with Crippen molar-refractivity contribution in [3.63, 3.8) is 0 Å². The van der Waals surface area contributed by atoms with Crippen LogP contribution in [0.4, 0.5) is 0 Å². The van der Waals surface area contributed by atoms with Gasteiger partial charge in [0.25, 0.3) is 0 Å². The highest BCUT2D eigenvalue weighted by atomic mass is 15.2. The van der Waals surface area contributed by atoms with Crippen molar-refractivity contribution < 1.29 is 0 Å². The highest BCUT2D eigenvalue weighted by molar-refractivity contribution is 5.77. The van der Waals surface area contributed by atoms with Gasteiger partial charge in [0.1, 0.15) is 0 Å². The summed E-state index contributed by atoms with van der Waals surface area (Å²) >= 11 is 0. The minimum absolute atomic E-state index is 0.721. The van der Waals surface area contributed by atoms with Crippen LogP contribution in [-0.2, 0) is 0 Å². The third-order valence-corrected chi connectivity index (χ3v) is 3.94. The zero-order chi connectivity index (χ0) is 12.7. The van der Waals surface area contributed by atoms with Crippen LogP contribution in [0.15, 0.2) is 4.99 Å². The minimum Gasteiger partial charge on any atom is -0.370 e. The van der Waals surface area contributed by atoms with E-state index in [1.807, 2.05) is 0 Å². The molecule has 0 heterocycles. The van der Waals surface area contributed by atoms with E-state index >= 15 is 0 Å². The van der Waals surface area contributed by atoms with Gasteiger partial charge in [0.05, 0.1) is 0 Å². The lowest BCUT2D eigenvalue weighted by atomic mass is 9.81. The van der Waals surface area contributed by atoms with E-state index in [-0.39, 0.29) is 0 Å². The van der Waals surface area contributed by atoms with Crippen LogP contribution < -0.4 is 5.73 Å². The zero-order valence-electron chi connectivity index (χ0n) is 11.8. The van der Waals surface area contributed by atoms with Crippen LogP contribution >= 0.6 is 0 Å². The van der Waals surface area contributed by atoms with Crippen molar-refractivity contribution in [1.29, 1.82) is 0 Å². The van der Waals surface area contributed by atoms with E-state index in [4.69, 9.17) is 5.73 Å². The first kappa shape index (κ1) is 14.3. The van der Waals surface area contributed by atoms with Crippen molar-refractivity contribution in [3.05, 3.63) is 0 Å². The number of hydrogen-bond donors (Lipinski definition) is 1. The molecule has 0 aromatic rings. The summed E-state index contributed by atoms with van der Waals surface area (Å²) in [6.07, 6.45) is 6.82. The molecule has 1 saturated carbocycles. The predicted molar refractivity (Wildman–Crippen MR) is 75.1 cm³/mol. The Bertz CT molecular complexity index is 234. The molecule has 3 heteroatoms. The summed E-state index contributed by atoms with van der Waals surface area (Å²) in [6.45, 7) is 9.42. The van der Waals surface area contributed by atoms with E-state index in [0.29, 0.717) is 0 Å². The van der Waals surface area contributed by atoms with Crippen molar-refractivity contribution in [3.8, 4) is 0 Å². The normalized spacial score (nSPS) is 25.9. The average molecular weight is 239 g/mol. The number of hydrogen-bond acceptors (Lipinski definition) is 1. The van der Waals surface area contributed by atoms with Gasteiger partial charge in [0.15, 0.2) is 5.96 Å². The van der Waals surface area contributed by atoms with E-state index < -0.39 is 0 Å². The zero-order valence-corrected chi connectivity index (χ0v) is 11.8. The van der Waals surface area contributed by atoms with Crippen LogP contribution in [0.25, 0.3) is 0 Å². The summed E-state index contributed by atoms with van der Waals surface area (Å²) in [5.41, 5.74) is 5.96. The monoisotopic (exact) mass is 239 g/mol. The first-order chi connectivity index (χ1) is 8.17. The molecule has 1 aliphatic carbocycles. The van der Waals surface area contributed by atoms with E-state index in [9.17, 15) is 0 Å². The molecule has 2 unspecified atom stereocenters. The third kappa shape index (κ3) is 4.97. The van der Waals surface area contributed by atoms with Crippen LogP contribution in [0.1, 0.15) is 52.9 Å². The Morgan fingerprint density at radius 2 is 2.00 bits per heavy atom. The van der Waals surface area contributed by atoms with Crippen molar-refractivity contribution in [1.82, 2.24) is 4.90 Å². The Kier molecular flexibility index (Phi) is 6.38. The summed E-state index contributed by atoms with van der Waals surface area (Å²) in [4.78, 5) is 6.62. The maximum atomic E-state index is 5.96. The van der Waals surface area contributed by atoms with Crippen molar-refractivity contribution in [2.75, 3.05) is 19.6 Å². The highest BCUT2D eigenvalue weighted by Crippen LogP contribution is 2.30. The van der Waals surface area contributed by atoms with Gasteiger partial charge in [-0.1, -0.05) is 26.2 Å². The first-order valence-electron chi connectivity index (χ1n) is 7.22. The Hall–Kier alpha value is -0.730. The quantitative estimate of drug-likeness (QED) is 0.592. The molecule has 2 N–H and O–H groups in total. The van der Waals surface area contributed by atoms with Gasteiger partial charge >= 0.3 is 0 Å². The number of rotatable bonds is 5. The molecule has 0 aliphatic heterocycles. The van der Waals surface area contributed by atoms with E-state index in [2.05, 4.69) is 30.7 Å². The van der Waals surface area contributed by atoms with Crippen LogP contribution in [0, 0.1) is 11.8 Å². The van der Waals surface area contributed by atoms with Gasteiger partial charge in [-0.05, 0) is 38.5 Å². The number of guanidine groups is 1. The van der Waals surface area contributed by atoms with Crippen LogP contribution in [0.5, 0.6) is 0 Å². The van der Waals surface area contributed by atoms with Gasteiger partial charge in [-0.25, -0.2) is 0 Å². The number of nitrogens with two attached hydrogens (primary N) is 1. The molecule has 0 amide bonds. The summed E-state index contributed by atoms with van der Waals surface area (Å²) in [5, 5.41) is 0. The predicted octanol–water partition coefficient (Wildman–Crippen LogP) is 2.86. The Balaban J connectivity index is 2.28. The van der Waals surface area contributed by atoms with Gasteiger partial charge in [0, 0.05) is 19.6 Å². The molecular weight excluding hydrogens is 210 g/mol. The van der Waals surface area contributed by atoms with Gasteiger partial charge in [-0.3, -0.25) is 4.99 Å². The van der Waals surface area contributed by atoms with Crippen LogP contribution in [-0.4, -0.2) is 30.5 Å². The number of nitrogens with zero attached hydrogens (tertiary/aromatic N) is 2. The lowest BCUT2D eigenvalue weighted by molar-refractivity contribution is 0.272. The van der Waals surface area contributed by atoms with Gasteiger partial charge in [0.2, 0.25) is 0 Å². The lowest BCUT2D eigenvalue weighted by Gasteiger charge is -2.26. The molecule has 17 heavy (non-hydrogen) atoms. The largest absolute Gasteiger partial charge is 0.370 e. The standard InChI is InChI=1S/C14H29N3/c1-4-17(5-2)14(15)16-10-9-13-8-6-7-12(3)11-13/h12-13H,4-11H2,1-3H3,(H2,15,16). The molecule has 0 aromatic carbocycles. The fraction of sp³-hybridized carbons (Fsp3) is 0.929. The molecule has 0 bridgehead atoms. The van der Waals surface area contributed by atoms with E-state index in [1.54, 1.807) is 0 Å². The molecule has 0 aromatic heterocycles. The van der Waals surface area contributed by atoms with Gasteiger partial charge < -0.3 is 10.6 Å². The molecule has 0 saturated heterocycles. The highest BCUT2D eigenvalue weighted by Gasteiger charge is 2.18. The van der Waals surface area contributed by atoms with Crippen LogP contribution in [0.3, 0.4) is 0 Å². The topological polar surface area (TPSA) is 41.6 Å². The van der Waals surface area contributed by atoms with E-state index in [0.717, 1.165) is 37.4 Å². The van der Waals surface area contributed by atoms with Crippen molar-refractivity contribution >= 4 is 5.96 Å². The maximum Gasteiger partial charge on any atom is 0.191 e. The Morgan fingerprint density at radius 1 is 1.29 bits per heavy atom. The second kappa shape index (κ2) is 7.57. The molecule has 1 aliphatic rings. The molecular formula is C14H29N3. The fourth-order valence-corrected chi connectivity index (χ4v) is 2.83. The SMILES string of the molecule is CCN(CC)C(N)=NCCC1CCCC(C)C1. The Morgan fingerprint density at radius 3 is 2.59 bits per heavy atom. The minimum atomic E-state index is 0.721.